The third kappa shape index (κ3) is 3.55. The lowest BCUT2D eigenvalue weighted by Crippen LogP contribution is -2.40. The largest absolute Gasteiger partial charge is 0.493 e. The molecule has 1 aliphatic heterocycles. The molecule has 1 aromatic rings. The highest BCUT2D eigenvalue weighted by molar-refractivity contribution is 5.84. The van der Waals surface area contributed by atoms with Gasteiger partial charge in [0.05, 0.1) is 21.3 Å². The van der Waals surface area contributed by atoms with Crippen LogP contribution in [-0.4, -0.2) is 55.8 Å². The number of methoxy groups -OCH3 is 3. The summed E-state index contributed by atoms with van der Waals surface area (Å²) in [5, 5.41) is 9.18. The fraction of sp³-hybridized carbons (Fsp3) is 0.529. The number of aryl methyl sites for hydroxylation is 1. The Hall–Kier alpha value is -2.44. The predicted molar refractivity (Wildman–Crippen MR) is 86.8 cm³/mol. The van der Waals surface area contributed by atoms with E-state index < -0.39 is 12.0 Å². The number of hydrogen-bond acceptors (Lipinski definition) is 5. The van der Waals surface area contributed by atoms with Crippen LogP contribution in [-0.2, 0) is 16.0 Å². The van der Waals surface area contributed by atoms with Crippen LogP contribution in [0.2, 0.25) is 0 Å². The van der Waals surface area contributed by atoms with E-state index in [0.717, 1.165) is 12.0 Å². The van der Waals surface area contributed by atoms with Crippen LogP contribution in [0.4, 0.5) is 0 Å². The molecule has 1 amide bonds. The van der Waals surface area contributed by atoms with Gasteiger partial charge < -0.3 is 24.2 Å². The van der Waals surface area contributed by atoms with Crippen LogP contribution in [0.3, 0.4) is 0 Å². The molecule has 0 aliphatic carbocycles. The molecule has 1 saturated heterocycles. The maximum absolute atomic E-state index is 12.4. The van der Waals surface area contributed by atoms with Crippen LogP contribution in [0.1, 0.15) is 24.8 Å². The van der Waals surface area contributed by atoms with Crippen molar-refractivity contribution in [3.8, 4) is 17.2 Å². The van der Waals surface area contributed by atoms with Crippen molar-refractivity contribution in [1.82, 2.24) is 4.90 Å². The molecule has 1 aromatic carbocycles. The molecule has 7 heteroatoms. The number of hydrogen-bond donors (Lipinski definition) is 1. The third-order valence-electron chi connectivity index (χ3n) is 4.25. The minimum absolute atomic E-state index is 0.156. The van der Waals surface area contributed by atoms with E-state index in [1.165, 1.54) is 19.1 Å². The number of aliphatic carboxylic acids is 1. The van der Waals surface area contributed by atoms with Gasteiger partial charge in [0.2, 0.25) is 11.7 Å². The number of ether oxygens (including phenoxy) is 3. The lowest BCUT2D eigenvalue weighted by molar-refractivity contribution is -0.148. The number of amides is 1. The van der Waals surface area contributed by atoms with Gasteiger partial charge in [-0.15, -0.1) is 0 Å². The normalized spacial score (nSPS) is 16.8. The van der Waals surface area contributed by atoms with Crippen LogP contribution >= 0.6 is 0 Å². The van der Waals surface area contributed by atoms with Crippen molar-refractivity contribution in [2.75, 3.05) is 27.9 Å². The van der Waals surface area contributed by atoms with Gasteiger partial charge in [-0.25, -0.2) is 4.79 Å². The van der Waals surface area contributed by atoms with Crippen molar-refractivity contribution < 1.29 is 28.9 Å². The molecule has 0 saturated carbocycles. The summed E-state index contributed by atoms with van der Waals surface area (Å²) in [5.74, 6) is 0.464. The van der Waals surface area contributed by atoms with Crippen LogP contribution in [0.25, 0.3) is 0 Å². The van der Waals surface area contributed by atoms with Gasteiger partial charge in [-0.05, 0) is 30.9 Å². The van der Waals surface area contributed by atoms with E-state index >= 15 is 0 Å². The molecule has 2 rings (SSSR count). The van der Waals surface area contributed by atoms with Crippen molar-refractivity contribution in [3.05, 3.63) is 17.7 Å². The van der Waals surface area contributed by atoms with Crippen molar-refractivity contribution in [1.29, 1.82) is 0 Å². The molecule has 1 N–H and O–H groups in total. The molecule has 132 valence electrons. The smallest absolute Gasteiger partial charge is 0.326 e. The Labute approximate surface area is 141 Å². The molecule has 1 aliphatic rings. The second-order valence-corrected chi connectivity index (χ2v) is 5.58. The topological polar surface area (TPSA) is 85.3 Å². The minimum Gasteiger partial charge on any atom is -0.493 e. The zero-order valence-electron chi connectivity index (χ0n) is 14.2. The Bertz CT molecular complexity index is 615. The summed E-state index contributed by atoms with van der Waals surface area (Å²) in [7, 11) is 4.60. The number of rotatable bonds is 7. The SMILES string of the molecule is COc1ccc(CCC(=O)N2CCC[C@H]2C(=O)O)c(OC)c1OC. The fourth-order valence-electron chi connectivity index (χ4n) is 3.07. The summed E-state index contributed by atoms with van der Waals surface area (Å²) in [6.07, 6.45) is 1.89. The summed E-state index contributed by atoms with van der Waals surface area (Å²) in [6.45, 7) is 0.499. The fourth-order valence-corrected chi connectivity index (χ4v) is 3.07. The Morgan fingerprint density at radius 1 is 1.17 bits per heavy atom. The first kappa shape index (κ1) is 17.9. The Balaban J connectivity index is 2.11. The van der Waals surface area contributed by atoms with Crippen LogP contribution in [0, 0.1) is 0 Å². The van der Waals surface area contributed by atoms with Gasteiger partial charge in [0.1, 0.15) is 6.04 Å². The molecular weight excluding hydrogens is 314 g/mol. The average Bonchev–Trinajstić information content (AvgIpc) is 3.08. The lowest BCUT2D eigenvalue weighted by Gasteiger charge is -2.22. The monoisotopic (exact) mass is 337 g/mol. The molecular formula is C17H23NO6. The highest BCUT2D eigenvalue weighted by Gasteiger charge is 2.33. The van der Waals surface area contributed by atoms with Gasteiger partial charge in [0.15, 0.2) is 11.5 Å². The van der Waals surface area contributed by atoms with Gasteiger partial charge in [-0.3, -0.25) is 4.79 Å². The average molecular weight is 337 g/mol. The summed E-state index contributed by atoms with van der Waals surface area (Å²) in [6, 6.07) is 2.88. The molecule has 0 spiro atoms. The molecule has 0 unspecified atom stereocenters. The number of carboxylic acids is 1. The zero-order chi connectivity index (χ0) is 17.7. The maximum atomic E-state index is 12.4. The van der Waals surface area contributed by atoms with E-state index in [1.807, 2.05) is 6.07 Å². The molecule has 0 bridgehead atoms. The second-order valence-electron chi connectivity index (χ2n) is 5.58. The van der Waals surface area contributed by atoms with E-state index in [1.54, 1.807) is 13.2 Å². The first-order valence-corrected chi connectivity index (χ1v) is 7.83. The Morgan fingerprint density at radius 3 is 2.46 bits per heavy atom. The molecule has 24 heavy (non-hydrogen) atoms. The van der Waals surface area contributed by atoms with Crippen molar-refractivity contribution in [2.45, 2.75) is 31.7 Å². The Morgan fingerprint density at radius 2 is 1.88 bits per heavy atom. The van der Waals surface area contributed by atoms with Gasteiger partial charge in [0.25, 0.3) is 0 Å². The van der Waals surface area contributed by atoms with E-state index in [4.69, 9.17) is 14.2 Å². The lowest BCUT2D eigenvalue weighted by atomic mass is 10.1. The summed E-state index contributed by atoms with van der Waals surface area (Å²) >= 11 is 0. The van der Waals surface area contributed by atoms with Crippen LogP contribution in [0.15, 0.2) is 12.1 Å². The second kappa shape index (κ2) is 7.90. The maximum Gasteiger partial charge on any atom is 0.326 e. The first-order valence-electron chi connectivity index (χ1n) is 7.83. The van der Waals surface area contributed by atoms with Gasteiger partial charge >= 0.3 is 5.97 Å². The number of nitrogens with zero attached hydrogens (tertiary/aromatic N) is 1. The van der Waals surface area contributed by atoms with Crippen molar-refractivity contribution in [2.24, 2.45) is 0 Å². The van der Waals surface area contributed by atoms with Crippen molar-refractivity contribution in [3.63, 3.8) is 0 Å². The first-order chi connectivity index (χ1) is 11.5. The van der Waals surface area contributed by atoms with E-state index in [-0.39, 0.29) is 12.3 Å². The molecule has 0 aromatic heterocycles. The quantitative estimate of drug-likeness (QED) is 0.815. The zero-order valence-corrected chi connectivity index (χ0v) is 14.2. The number of benzene rings is 1. The number of likely N-dealkylation sites (tertiary alicyclic amines) is 1. The molecule has 0 radical (unpaired) electrons. The van der Waals surface area contributed by atoms with E-state index in [2.05, 4.69) is 0 Å². The highest BCUT2D eigenvalue weighted by atomic mass is 16.5. The summed E-state index contributed by atoms with van der Waals surface area (Å²) < 4.78 is 16.0. The van der Waals surface area contributed by atoms with Crippen molar-refractivity contribution >= 4 is 11.9 Å². The Kier molecular flexibility index (Phi) is 5.89. The molecule has 1 atom stereocenters. The standard InChI is InChI=1S/C17H23NO6/c1-22-13-8-6-11(15(23-2)16(13)24-3)7-9-14(19)18-10-4-5-12(18)17(20)21/h6,8,12H,4-5,7,9-10H2,1-3H3,(H,20,21)/t12-/m0/s1. The minimum atomic E-state index is -0.940. The van der Waals surface area contributed by atoms with E-state index in [9.17, 15) is 14.7 Å². The third-order valence-corrected chi connectivity index (χ3v) is 4.25. The van der Waals surface area contributed by atoms with E-state index in [0.29, 0.717) is 36.6 Å². The molecule has 7 nitrogen and oxygen atoms in total. The molecule has 1 fully saturated rings. The number of carboxylic acid groups (broad SMARTS) is 1. The number of carbonyl (C=O) groups excluding carboxylic acids is 1. The predicted octanol–water partition coefficient (Wildman–Crippen LogP) is 1.72. The van der Waals surface area contributed by atoms with Gasteiger partial charge in [-0.1, -0.05) is 6.07 Å². The summed E-state index contributed by atoms with van der Waals surface area (Å²) in [4.78, 5) is 25.0. The summed E-state index contributed by atoms with van der Waals surface area (Å²) in [5.41, 5.74) is 0.814. The highest BCUT2D eigenvalue weighted by Crippen LogP contribution is 2.40. The number of carbonyl (C=O) groups is 2. The van der Waals surface area contributed by atoms with Crippen LogP contribution in [0.5, 0.6) is 17.2 Å². The van der Waals surface area contributed by atoms with Gasteiger partial charge in [0, 0.05) is 13.0 Å². The van der Waals surface area contributed by atoms with Crippen LogP contribution < -0.4 is 14.2 Å². The van der Waals surface area contributed by atoms with Gasteiger partial charge in [-0.2, -0.15) is 0 Å². The molecule has 1 heterocycles.